The SMILES string of the molecule is C=C/C(=C\C=C(C)C)C(=O)C(/C=C\C)=C/CC. The van der Waals surface area contributed by atoms with Crippen LogP contribution in [0, 0.1) is 0 Å². The van der Waals surface area contributed by atoms with Gasteiger partial charge in [-0.2, -0.15) is 0 Å². The summed E-state index contributed by atoms with van der Waals surface area (Å²) in [5.74, 6) is 0.0254. The lowest BCUT2D eigenvalue weighted by Crippen LogP contribution is -2.03. The van der Waals surface area contributed by atoms with E-state index in [4.69, 9.17) is 0 Å². The summed E-state index contributed by atoms with van der Waals surface area (Å²) in [7, 11) is 0. The van der Waals surface area contributed by atoms with Gasteiger partial charge < -0.3 is 0 Å². The zero-order chi connectivity index (χ0) is 13.3. The third-order valence-electron chi connectivity index (χ3n) is 2.11. The first-order valence-electron chi connectivity index (χ1n) is 5.92. The summed E-state index contributed by atoms with van der Waals surface area (Å²) in [6.07, 6.45) is 11.8. The summed E-state index contributed by atoms with van der Waals surface area (Å²) in [5.41, 5.74) is 2.51. The highest BCUT2D eigenvalue weighted by Gasteiger charge is 2.08. The van der Waals surface area contributed by atoms with Crippen LogP contribution in [0.25, 0.3) is 0 Å². The zero-order valence-electron chi connectivity index (χ0n) is 11.3. The third-order valence-corrected chi connectivity index (χ3v) is 2.11. The minimum Gasteiger partial charge on any atom is -0.289 e. The maximum absolute atomic E-state index is 12.2. The Labute approximate surface area is 105 Å². The van der Waals surface area contributed by atoms with Crippen molar-refractivity contribution in [1.82, 2.24) is 0 Å². The van der Waals surface area contributed by atoms with Crippen LogP contribution in [0.4, 0.5) is 0 Å². The second-order valence-electron chi connectivity index (χ2n) is 3.97. The molecule has 0 rings (SSSR count). The third kappa shape index (κ3) is 5.86. The molecule has 0 fully saturated rings. The van der Waals surface area contributed by atoms with Crippen molar-refractivity contribution in [2.75, 3.05) is 0 Å². The molecule has 0 saturated carbocycles. The first-order chi connectivity index (χ1) is 8.06. The van der Waals surface area contributed by atoms with Crippen LogP contribution in [0.2, 0.25) is 0 Å². The van der Waals surface area contributed by atoms with Crippen molar-refractivity contribution in [3.63, 3.8) is 0 Å². The predicted octanol–water partition coefficient (Wildman–Crippen LogP) is 4.55. The highest BCUT2D eigenvalue weighted by molar-refractivity contribution is 6.11. The molecule has 1 heteroatoms. The molecule has 0 amide bonds. The average molecular weight is 230 g/mol. The molecule has 0 aliphatic carbocycles. The molecule has 0 aromatic heterocycles. The summed E-state index contributed by atoms with van der Waals surface area (Å²) in [5, 5.41) is 0. The Kier molecular flexibility index (Phi) is 7.70. The van der Waals surface area contributed by atoms with Crippen LogP contribution in [0.5, 0.6) is 0 Å². The fourth-order valence-corrected chi connectivity index (χ4v) is 1.30. The largest absolute Gasteiger partial charge is 0.289 e. The van der Waals surface area contributed by atoms with E-state index < -0.39 is 0 Å². The number of rotatable bonds is 6. The Morgan fingerprint density at radius 1 is 1.18 bits per heavy atom. The monoisotopic (exact) mass is 230 g/mol. The number of carbonyl (C=O) groups is 1. The highest BCUT2D eigenvalue weighted by atomic mass is 16.1. The summed E-state index contributed by atoms with van der Waals surface area (Å²) in [6.45, 7) is 11.6. The quantitative estimate of drug-likeness (QED) is 0.483. The standard InChI is InChI=1S/C16H22O/c1-6-9-15(10-7-2)16(17)14(8-3)12-11-13(4)5/h6,8-12H,3,7H2,1-2,4-5H3/b9-6-,14-12+,15-10+. The van der Waals surface area contributed by atoms with Crippen LogP contribution in [-0.2, 0) is 4.79 Å². The topological polar surface area (TPSA) is 17.1 Å². The Bertz CT molecular complexity index is 386. The number of Topliss-reactive ketones (excluding diaryl/α,β-unsaturated/α-hetero) is 1. The number of hydrogen-bond donors (Lipinski definition) is 0. The van der Waals surface area contributed by atoms with Gasteiger partial charge in [-0.3, -0.25) is 4.79 Å². The zero-order valence-corrected chi connectivity index (χ0v) is 11.3. The molecule has 0 unspecified atom stereocenters. The average Bonchev–Trinajstić information content (AvgIpc) is 2.29. The molecule has 0 radical (unpaired) electrons. The molecule has 0 saturated heterocycles. The van der Waals surface area contributed by atoms with Crippen LogP contribution in [-0.4, -0.2) is 5.78 Å². The minimum atomic E-state index is 0.0254. The first-order valence-corrected chi connectivity index (χ1v) is 5.92. The molecular formula is C16H22O. The van der Waals surface area contributed by atoms with Gasteiger partial charge in [-0.05, 0) is 27.2 Å². The number of ketones is 1. The summed E-state index contributed by atoms with van der Waals surface area (Å²) in [6, 6.07) is 0. The van der Waals surface area contributed by atoms with Crippen LogP contribution in [0.3, 0.4) is 0 Å². The first kappa shape index (κ1) is 15.4. The van der Waals surface area contributed by atoms with E-state index in [1.807, 2.05) is 58.1 Å². The minimum absolute atomic E-state index is 0.0254. The molecule has 1 nitrogen and oxygen atoms in total. The lowest BCUT2D eigenvalue weighted by Gasteiger charge is -2.02. The van der Waals surface area contributed by atoms with Gasteiger partial charge in [-0.15, -0.1) is 0 Å². The number of hydrogen-bond acceptors (Lipinski definition) is 1. The molecule has 0 atom stereocenters. The van der Waals surface area contributed by atoms with Gasteiger partial charge in [-0.25, -0.2) is 0 Å². The second-order valence-corrected chi connectivity index (χ2v) is 3.97. The normalized spacial score (nSPS) is 12.7. The van der Waals surface area contributed by atoms with Gasteiger partial charge in [0.25, 0.3) is 0 Å². The van der Waals surface area contributed by atoms with E-state index in [9.17, 15) is 4.79 Å². The second kappa shape index (κ2) is 8.51. The fourth-order valence-electron chi connectivity index (χ4n) is 1.30. The van der Waals surface area contributed by atoms with Crippen LogP contribution >= 0.6 is 0 Å². The smallest absolute Gasteiger partial charge is 0.192 e. The van der Waals surface area contributed by atoms with Crippen molar-refractivity contribution in [3.8, 4) is 0 Å². The summed E-state index contributed by atoms with van der Waals surface area (Å²) >= 11 is 0. The lowest BCUT2D eigenvalue weighted by molar-refractivity contribution is -0.111. The van der Waals surface area contributed by atoms with Crippen molar-refractivity contribution in [2.45, 2.75) is 34.1 Å². The Morgan fingerprint density at radius 3 is 2.24 bits per heavy atom. The molecule has 0 aliphatic heterocycles. The van der Waals surface area contributed by atoms with Crippen molar-refractivity contribution in [3.05, 3.63) is 59.8 Å². The Hall–Kier alpha value is -1.63. The van der Waals surface area contributed by atoms with E-state index in [0.717, 1.165) is 17.6 Å². The van der Waals surface area contributed by atoms with Crippen molar-refractivity contribution < 1.29 is 4.79 Å². The van der Waals surface area contributed by atoms with Crippen molar-refractivity contribution >= 4 is 5.78 Å². The summed E-state index contributed by atoms with van der Waals surface area (Å²) in [4.78, 5) is 12.2. The van der Waals surface area contributed by atoms with E-state index in [0.29, 0.717) is 5.57 Å². The van der Waals surface area contributed by atoms with Crippen LogP contribution in [0.15, 0.2) is 59.8 Å². The van der Waals surface area contributed by atoms with Gasteiger partial charge in [0.2, 0.25) is 0 Å². The van der Waals surface area contributed by atoms with Gasteiger partial charge in [0.15, 0.2) is 5.78 Å². The predicted molar refractivity (Wildman–Crippen MR) is 75.9 cm³/mol. The van der Waals surface area contributed by atoms with Crippen LogP contribution < -0.4 is 0 Å². The van der Waals surface area contributed by atoms with E-state index in [1.165, 1.54) is 0 Å². The number of carbonyl (C=O) groups excluding carboxylic acids is 1. The molecule has 0 bridgehead atoms. The molecule has 0 N–H and O–H groups in total. The van der Waals surface area contributed by atoms with Gasteiger partial charge >= 0.3 is 0 Å². The lowest BCUT2D eigenvalue weighted by atomic mass is 10.0. The summed E-state index contributed by atoms with van der Waals surface area (Å²) < 4.78 is 0. The molecule has 0 aromatic rings. The van der Waals surface area contributed by atoms with Gasteiger partial charge in [0.1, 0.15) is 0 Å². The van der Waals surface area contributed by atoms with Crippen LogP contribution in [0.1, 0.15) is 34.1 Å². The Morgan fingerprint density at radius 2 is 1.82 bits per heavy atom. The van der Waals surface area contributed by atoms with Crippen molar-refractivity contribution in [2.24, 2.45) is 0 Å². The molecule has 0 aromatic carbocycles. The van der Waals surface area contributed by atoms with E-state index in [2.05, 4.69) is 6.58 Å². The van der Waals surface area contributed by atoms with Gasteiger partial charge in [0, 0.05) is 11.1 Å². The van der Waals surface area contributed by atoms with E-state index >= 15 is 0 Å². The van der Waals surface area contributed by atoms with Gasteiger partial charge in [-0.1, -0.05) is 55.5 Å². The highest BCUT2D eigenvalue weighted by Crippen LogP contribution is 2.11. The Balaban J connectivity index is 5.22. The molecule has 17 heavy (non-hydrogen) atoms. The number of allylic oxidation sites excluding steroid dienone is 9. The fraction of sp³-hybridized carbons (Fsp3) is 0.312. The molecule has 92 valence electrons. The molecule has 0 spiro atoms. The maximum atomic E-state index is 12.2. The molecule has 0 aliphatic rings. The van der Waals surface area contributed by atoms with E-state index in [-0.39, 0.29) is 5.78 Å². The van der Waals surface area contributed by atoms with Crippen molar-refractivity contribution in [1.29, 1.82) is 0 Å². The maximum Gasteiger partial charge on any atom is 0.192 e. The molecular weight excluding hydrogens is 208 g/mol. The van der Waals surface area contributed by atoms with E-state index in [1.54, 1.807) is 6.08 Å². The van der Waals surface area contributed by atoms with Gasteiger partial charge in [0.05, 0.1) is 0 Å². The molecule has 0 heterocycles.